The van der Waals surface area contributed by atoms with Gasteiger partial charge in [-0.05, 0) is 42.1 Å². The maximum absolute atomic E-state index is 12.8. The van der Waals surface area contributed by atoms with Gasteiger partial charge in [-0.1, -0.05) is 25.1 Å². The Labute approximate surface area is 163 Å². The third-order valence-corrected chi connectivity index (χ3v) is 8.47. The van der Waals surface area contributed by atoms with Gasteiger partial charge in [-0.15, -0.1) is 0 Å². The SMILES string of the molecule is CCCSP(=O)(OC)Oc1ccc(OC)cc1S(=O)(=O)Oc1ccccc1. The number of benzene rings is 2. The lowest BCUT2D eigenvalue weighted by Crippen LogP contribution is -2.11. The van der Waals surface area contributed by atoms with Gasteiger partial charge in [-0.25, -0.2) is 4.57 Å². The second-order valence-electron chi connectivity index (χ2n) is 5.22. The Morgan fingerprint density at radius 1 is 1.04 bits per heavy atom. The van der Waals surface area contributed by atoms with Gasteiger partial charge in [-0.3, -0.25) is 4.52 Å². The van der Waals surface area contributed by atoms with E-state index in [2.05, 4.69) is 0 Å². The minimum Gasteiger partial charge on any atom is -0.497 e. The van der Waals surface area contributed by atoms with Gasteiger partial charge in [0.15, 0.2) is 10.6 Å². The molecule has 0 amide bonds. The molecule has 0 bridgehead atoms. The smallest absolute Gasteiger partial charge is 0.439 e. The molecule has 0 N–H and O–H groups in total. The molecule has 0 aromatic heterocycles. The van der Waals surface area contributed by atoms with E-state index in [1.807, 2.05) is 6.92 Å². The standard InChI is InChI=1S/C17H21O7PS2/c1-4-12-26-25(18,22-3)23-16-11-10-15(21-2)13-17(16)27(19,20)24-14-8-6-5-7-9-14/h5-11,13H,4,12H2,1-3H3. The van der Waals surface area contributed by atoms with Gasteiger partial charge >= 0.3 is 16.9 Å². The fraction of sp³-hybridized carbons (Fsp3) is 0.294. The van der Waals surface area contributed by atoms with E-state index < -0.39 is 16.9 Å². The second-order valence-corrected chi connectivity index (χ2v) is 11.0. The molecule has 0 spiro atoms. The average molecular weight is 432 g/mol. The molecule has 0 saturated carbocycles. The second kappa shape index (κ2) is 9.50. The molecule has 2 aromatic carbocycles. The summed E-state index contributed by atoms with van der Waals surface area (Å²) in [4.78, 5) is -0.305. The van der Waals surface area contributed by atoms with Crippen molar-refractivity contribution in [3.05, 3.63) is 48.5 Å². The van der Waals surface area contributed by atoms with E-state index in [9.17, 15) is 13.0 Å². The summed E-state index contributed by atoms with van der Waals surface area (Å²) in [7, 11) is -1.61. The summed E-state index contributed by atoms with van der Waals surface area (Å²) in [5, 5.41) is 0. The van der Waals surface area contributed by atoms with Gasteiger partial charge in [0, 0.05) is 18.9 Å². The van der Waals surface area contributed by atoms with Crippen molar-refractivity contribution in [2.24, 2.45) is 0 Å². The zero-order valence-electron chi connectivity index (χ0n) is 15.2. The summed E-state index contributed by atoms with van der Waals surface area (Å²) in [6, 6.07) is 12.2. The highest BCUT2D eigenvalue weighted by atomic mass is 32.7. The summed E-state index contributed by atoms with van der Waals surface area (Å²) in [6.07, 6.45) is 0.756. The molecule has 10 heteroatoms. The van der Waals surface area contributed by atoms with Crippen molar-refractivity contribution in [2.75, 3.05) is 20.0 Å². The molecule has 148 valence electrons. The quantitative estimate of drug-likeness (QED) is 0.393. The van der Waals surface area contributed by atoms with Gasteiger partial charge in [0.05, 0.1) is 7.11 Å². The van der Waals surface area contributed by atoms with Crippen molar-refractivity contribution < 1.29 is 31.0 Å². The van der Waals surface area contributed by atoms with Crippen LogP contribution >= 0.6 is 18.2 Å². The van der Waals surface area contributed by atoms with Crippen molar-refractivity contribution in [3.8, 4) is 17.2 Å². The fourth-order valence-electron chi connectivity index (χ4n) is 1.97. The van der Waals surface area contributed by atoms with E-state index in [1.165, 1.54) is 44.6 Å². The first-order chi connectivity index (χ1) is 12.8. The van der Waals surface area contributed by atoms with Gasteiger partial charge in [-0.2, -0.15) is 8.42 Å². The minimum atomic E-state index is -4.27. The lowest BCUT2D eigenvalue weighted by molar-refractivity contribution is 0.338. The van der Waals surface area contributed by atoms with Crippen LogP contribution in [-0.2, 0) is 19.2 Å². The third kappa shape index (κ3) is 5.90. The van der Waals surface area contributed by atoms with Crippen molar-refractivity contribution >= 4 is 28.3 Å². The molecule has 0 aliphatic carbocycles. The normalized spacial score (nSPS) is 13.6. The Morgan fingerprint density at radius 3 is 2.33 bits per heavy atom. The van der Waals surface area contributed by atoms with Crippen molar-refractivity contribution in [1.82, 2.24) is 0 Å². The fourth-order valence-corrected chi connectivity index (χ4v) is 6.08. The molecule has 0 heterocycles. The Balaban J connectivity index is 2.43. The van der Waals surface area contributed by atoms with Crippen LogP contribution in [0.15, 0.2) is 53.4 Å². The first kappa shape index (κ1) is 21.6. The highest BCUT2D eigenvalue weighted by molar-refractivity contribution is 8.55. The molecule has 1 unspecified atom stereocenters. The molecule has 0 aliphatic heterocycles. The van der Waals surface area contributed by atoms with Gasteiger partial charge in [0.2, 0.25) is 0 Å². The topological polar surface area (TPSA) is 88.1 Å². The predicted octanol–water partition coefficient (Wildman–Crippen LogP) is 4.74. The highest BCUT2D eigenvalue weighted by Gasteiger charge is 2.31. The van der Waals surface area contributed by atoms with E-state index in [0.29, 0.717) is 5.75 Å². The van der Waals surface area contributed by atoms with Crippen LogP contribution in [0.1, 0.15) is 13.3 Å². The molecule has 2 rings (SSSR count). The first-order valence-corrected chi connectivity index (χ1v) is 12.5. The zero-order valence-corrected chi connectivity index (χ0v) is 17.7. The molecule has 7 nitrogen and oxygen atoms in total. The summed E-state index contributed by atoms with van der Waals surface area (Å²) in [5.74, 6) is 0.817. The number of methoxy groups -OCH3 is 1. The number of hydrogen-bond acceptors (Lipinski definition) is 8. The van der Waals surface area contributed by atoms with E-state index in [4.69, 9.17) is 18.0 Å². The monoisotopic (exact) mass is 432 g/mol. The highest BCUT2D eigenvalue weighted by Crippen LogP contribution is 2.60. The third-order valence-electron chi connectivity index (χ3n) is 3.26. The van der Waals surface area contributed by atoms with Crippen LogP contribution in [0.2, 0.25) is 0 Å². The van der Waals surface area contributed by atoms with E-state index in [-0.39, 0.29) is 22.1 Å². The summed E-state index contributed by atoms with van der Waals surface area (Å²) >= 11 is 0.996. The summed E-state index contributed by atoms with van der Waals surface area (Å²) in [6.45, 7) is -1.66. The maximum Gasteiger partial charge on any atom is 0.439 e. The number of rotatable bonds is 10. The van der Waals surface area contributed by atoms with Crippen LogP contribution in [0, 0.1) is 0 Å². The Morgan fingerprint density at radius 2 is 1.74 bits per heavy atom. The van der Waals surface area contributed by atoms with Crippen LogP contribution in [0.25, 0.3) is 0 Å². The van der Waals surface area contributed by atoms with Gasteiger partial charge in [0.1, 0.15) is 11.5 Å². The minimum absolute atomic E-state index is 0.138. The molecule has 0 aliphatic rings. The lowest BCUT2D eigenvalue weighted by atomic mass is 10.3. The van der Waals surface area contributed by atoms with E-state index >= 15 is 0 Å². The van der Waals surface area contributed by atoms with Gasteiger partial charge < -0.3 is 13.4 Å². The van der Waals surface area contributed by atoms with Crippen LogP contribution in [-0.4, -0.2) is 28.4 Å². The first-order valence-electron chi connectivity index (χ1n) is 8.01. The summed E-state index contributed by atoms with van der Waals surface area (Å²) in [5.41, 5.74) is 0. The average Bonchev–Trinajstić information content (AvgIpc) is 2.67. The molecular weight excluding hydrogens is 411 g/mol. The largest absolute Gasteiger partial charge is 0.497 e. The number of hydrogen-bond donors (Lipinski definition) is 0. The predicted molar refractivity (Wildman–Crippen MR) is 105 cm³/mol. The van der Waals surface area contributed by atoms with Crippen LogP contribution in [0.4, 0.5) is 0 Å². The molecule has 2 aromatic rings. The molecular formula is C17H21O7PS2. The molecule has 0 saturated heterocycles. The lowest BCUT2D eigenvalue weighted by Gasteiger charge is -2.18. The van der Waals surface area contributed by atoms with Crippen molar-refractivity contribution in [2.45, 2.75) is 18.2 Å². The van der Waals surface area contributed by atoms with Crippen LogP contribution in [0.5, 0.6) is 17.2 Å². The Hall–Kier alpha value is -1.67. The number of para-hydroxylation sites is 1. The summed E-state index contributed by atoms with van der Waals surface area (Å²) < 4.78 is 59.1. The van der Waals surface area contributed by atoms with E-state index in [1.54, 1.807) is 18.2 Å². The van der Waals surface area contributed by atoms with Crippen LogP contribution in [0.3, 0.4) is 0 Å². The van der Waals surface area contributed by atoms with Crippen LogP contribution < -0.4 is 13.4 Å². The van der Waals surface area contributed by atoms with Crippen molar-refractivity contribution in [3.63, 3.8) is 0 Å². The molecule has 1 atom stereocenters. The van der Waals surface area contributed by atoms with Crippen molar-refractivity contribution in [1.29, 1.82) is 0 Å². The molecule has 0 radical (unpaired) electrons. The Bertz CT molecular complexity index is 901. The number of ether oxygens (including phenoxy) is 1. The molecule has 0 fully saturated rings. The maximum atomic E-state index is 12.8. The Kier molecular flexibility index (Phi) is 7.61. The van der Waals surface area contributed by atoms with E-state index in [0.717, 1.165) is 17.8 Å². The zero-order chi connectivity index (χ0) is 19.9. The van der Waals surface area contributed by atoms with Gasteiger partial charge in [0.25, 0.3) is 0 Å². The molecule has 27 heavy (non-hydrogen) atoms.